The standard InChI is InChI=1S/C21H20BrF3N4/c1-11-14(5-4-6-16(11)21(23,24)25)12(2)27-19-15-9-18(22)26-10-17(15)29(3)20(28-19)13-7-8-13/h4-6,9-10,12-13H,7-8H2,1-3H3/t12-/m1/s1. The molecule has 0 unspecified atom stereocenters. The lowest BCUT2D eigenvalue weighted by Crippen LogP contribution is -2.19. The fourth-order valence-corrected chi connectivity index (χ4v) is 4.04. The van der Waals surface area contributed by atoms with Gasteiger partial charge >= 0.3 is 6.18 Å². The van der Waals surface area contributed by atoms with Gasteiger partial charge in [0, 0.05) is 18.4 Å². The number of alkyl halides is 3. The Hall–Kier alpha value is -2.22. The van der Waals surface area contributed by atoms with Crippen LogP contribution >= 0.6 is 15.9 Å². The van der Waals surface area contributed by atoms with Gasteiger partial charge < -0.3 is 4.57 Å². The highest BCUT2D eigenvalue weighted by molar-refractivity contribution is 9.10. The molecule has 29 heavy (non-hydrogen) atoms. The minimum atomic E-state index is -4.39. The number of benzene rings is 1. The Labute approximate surface area is 174 Å². The van der Waals surface area contributed by atoms with E-state index < -0.39 is 17.8 Å². The van der Waals surface area contributed by atoms with Crippen molar-refractivity contribution in [2.24, 2.45) is 12.0 Å². The normalized spacial score (nSPS) is 16.4. The number of pyridine rings is 1. The van der Waals surface area contributed by atoms with Crippen LogP contribution in [0.2, 0.25) is 0 Å². The maximum absolute atomic E-state index is 13.3. The molecule has 4 rings (SSSR count). The first kappa shape index (κ1) is 20.1. The molecule has 1 aliphatic rings. The van der Waals surface area contributed by atoms with Crippen molar-refractivity contribution in [3.63, 3.8) is 0 Å². The molecule has 152 valence electrons. The van der Waals surface area contributed by atoms with Gasteiger partial charge in [-0.2, -0.15) is 13.2 Å². The number of hydrogen-bond acceptors (Lipinski definition) is 3. The first-order valence-electron chi connectivity index (χ1n) is 9.39. The summed E-state index contributed by atoms with van der Waals surface area (Å²) in [4.78, 5) is 13.9. The molecule has 2 heterocycles. The van der Waals surface area contributed by atoms with Gasteiger partial charge in [-0.3, -0.25) is 4.99 Å². The van der Waals surface area contributed by atoms with Gasteiger partial charge in [-0.15, -0.1) is 0 Å². The lowest BCUT2D eigenvalue weighted by atomic mass is 9.97. The average Bonchev–Trinajstić information content (AvgIpc) is 3.48. The molecule has 1 saturated carbocycles. The van der Waals surface area contributed by atoms with Crippen LogP contribution in [0.1, 0.15) is 54.2 Å². The van der Waals surface area contributed by atoms with Gasteiger partial charge in [-0.25, -0.2) is 9.97 Å². The van der Waals surface area contributed by atoms with E-state index in [1.54, 1.807) is 19.2 Å². The van der Waals surface area contributed by atoms with E-state index in [9.17, 15) is 13.2 Å². The van der Waals surface area contributed by atoms with Gasteiger partial charge in [0.2, 0.25) is 0 Å². The number of aromatic nitrogens is 3. The summed E-state index contributed by atoms with van der Waals surface area (Å²) in [5.41, 5.74) is 1.56. The van der Waals surface area contributed by atoms with E-state index in [0.29, 0.717) is 21.6 Å². The van der Waals surface area contributed by atoms with Crippen molar-refractivity contribution in [3.05, 3.63) is 63.1 Å². The summed E-state index contributed by atoms with van der Waals surface area (Å²) in [6, 6.07) is 5.62. The number of halogens is 4. The van der Waals surface area contributed by atoms with Crippen molar-refractivity contribution in [2.45, 2.75) is 44.8 Å². The van der Waals surface area contributed by atoms with Crippen molar-refractivity contribution < 1.29 is 13.2 Å². The van der Waals surface area contributed by atoms with Crippen LogP contribution in [-0.4, -0.2) is 14.5 Å². The zero-order valence-corrected chi connectivity index (χ0v) is 17.8. The fourth-order valence-electron chi connectivity index (χ4n) is 3.71. The average molecular weight is 465 g/mol. The molecule has 4 nitrogen and oxygen atoms in total. The minimum Gasteiger partial charge on any atom is -0.331 e. The lowest BCUT2D eigenvalue weighted by Gasteiger charge is -2.17. The summed E-state index contributed by atoms with van der Waals surface area (Å²) in [6.07, 6.45) is -0.455. The summed E-state index contributed by atoms with van der Waals surface area (Å²) in [6.45, 7) is 3.30. The van der Waals surface area contributed by atoms with Crippen LogP contribution in [0.15, 0.2) is 40.1 Å². The third kappa shape index (κ3) is 3.82. The molecule has 0 aliphatic heterocycles. The summed E-state index contributed by atoms with van der Waals surface area (Å²) in [5, 5.41) is 0.815. The monoisotopic (exact) mass is 464 g/mol. The van der Waals surface area contributed by atoms with Gasteiger partial charge in [0.15, 0.2) is 5.49 Å². The predicted octanol–water partition coefficient (Wildman–Crippen LogP) is 5.60. The second kappa shape index (κ2) is 7.23. The highest BCUT2D eigenvalue weighted by Gasteiger charge is 2.33. The zero-order chi connectivity index (χ0) is 20.9. The Morgan fingerprint density at radius 3 is 2.66 bits per heavy atom. The zero-order valence-electron chi connectivity index (χ0n) is 16.3. The smallest absolute Gasteiger partial charge is 0.331 e. The van der Waals surface area contributed by atoms with Crippen LogP contribution in [0.25, 0.3) is 10.9 Å². The molecule has 0 spiro atoms. The summed E-state index contributed by atoms with van der Waals surface area (Å²) in [5.74, 6) is 1.33. The Morgan fingerprint density at radius 2 is 2.00 bits per heavy atom. The van der Waals surface area contributed by atoms with Crippen LogP contribution in [0.5, 0.6) is 0 Å². The van der Waals surface area contributed by atoms with Gasteiger partial charge in [0.05, 0.1) is 23.3 Å². The molecular formula is C21H20BrF3N4. The lowest BCUT2D eigenvalue weighted by molar-refractivity contribution is -0.138. The van der Waals surface area contributed by atoms with Gasteiger partial charge in [-0.05, 0) is 65.9 Å². The van der Waals surface area contributed by atoms with Crippen LogP contribution < -0.4 is 5.49 Å². The number of hydrogen-bond donors (Lipinski definition) is 0. The molecule has 0 bridgehead atoms. The van der Waals surface area contributed by atoms with Crippen molar-refractivity contribution in [1.82, 2.24) is 14.5 Å². The topological polar surface area (TPSA) is 43.1 Å². The molecule has 0 radical (unpaired) electrons. The van der Waals surface area contributed by atoms with Crippen molar-refractivity contribution in [2.75, 3.05) is 0 Å². The molecular weight excluding hydrogens is 445 g/mol. The van der Waals surface area contributed by atoms with E-state index in [2.05, 4.69) is 20.9 Å². The molecule has 2 aromatic heterocycles. The quantitative estimate of drug-likeness (QED) is 0.473. The third-order valence-corrected chi connectivity index (χ3v) is 5.84. The highest BCUT2D eigenvalue weighted by Crippen LogP contribution is 2.39. The number of nitrogens with zero attached hydrogens (tertiary/aromatic N) is 4. The number of aryl methyl sites for hydroxylation is 1. The second-order valence-electron chi connectivity index (χ2n) is 7.47. The first-order chi connectivity index (χ1) is 13.7. The maximum atomic E-state index is 13.3. The maximum Gasteiger partial charge on any atom is 0.416 e. The summed E-state index contributed by atoms with van der Waals surface area (Å²) in [7, 11) is 1.96. The molecule has 1 fully saturated rings. The fraction of sp³-hybridized carbons (Fsp3) is 0.381. The largest absolute Gasteiger partial charge is 0.416 e. The summed E-state index contributed by atoms with van der Waals surface area (Å²) < 4.78 is 42.6. The van der Waals surface area contributed by atoms with E-state index in [0.717, 1.165) is 35.6 Å². The first-order valence-corrected chi connectivity index (χ1v) is 10.2. The summed E-state index contributed by atoms with van der Waals surface area (Å²) >= 11 is 3.39. The molecule has 1 aliphatic carbocycles. The predicted molar refractivity (Wildman–Crippen MR) is 108 cm³/mol. The van der Waals surface area contributed by atoms with E-state index in [1.165, 1.54) is 13.0 Å². The van der Waals surface area contributed by atoms with Crippen molar-refractivity contribution in [3.8, 4) is 0 Å². The van der Waals surface area contributed by atoms with Gasteiger partial charge in [0.1, 0.15) is 10.4 Å². The third-order valence-electron chi connectivity index (χ3n) is 5.41. The van der Waals surface area contributed by atoms with E-state index in [4.69, 9.17) is 9.98 Å². The van der Waals surface area contributed by atoms with Crippen LogP contribution in [0, 0.1) is 6.92 Å². The Kier molecular flexibility index (Phi) is 5.01. The Morgan fingerprint density at radius 1 is 1.28 bits per heavy atom. The molecule has 8 heteroatoms. The molecule has 0 N–H and O–H groups in total. The van der Waals surface area contributed by atoms with Gasteiger partial charge in [-0.1, -0.05) is 12.1 Å². The number of rotatable bonds is 3. The molecule has 0 amide bonds. The number of fused-ring (bicyclic) bond motifs is 1. The van der Waals surface area contributed by atoms with Crippen molar-refractivity contribution >= 4 is 26.8 Å². The molecule has 1 aromatic carbocycles. The minimum absolute atomic E-state index is 0.201. The SMILES string of the molecule is Cc1c([C@@H](C)N=c2nc(C3CC3)n(C)c3cnc(Br)cc23)cccc1C(F)(F)F. The molecule has 1 atom stereocenters. The van der Waals surface area contributed by atoms with Gasteiger partial charge in [0.25, 0.3) is 0 Å². The van der Waals surface area contributed by atoms with E-state index in [-0.39, 0.29) is 5.56 Å². The van der Waals surface area contributed by atoms with Crippen LogP contribution in [-0.2, 0) is 13.2 Å². The van der Waals surface area contributed by atoms with E-state index in [1.807, 2.05) is 17.7 Å². The molecule has 0 saturated heterocycles. The van der Waals surface area contributed by atoms with Crippen LogP contribution in [0.4, 0.5) is 13.2 Å². The van der Waals surface area contributed by atoms with Crippen molar-refractivity contribution in [1.29, 1.82) is 0 Å². The molecule has 3 aromatic rings. The second-order valence-corrected chi connectivity index (χ2v) is 8.29. The highest BCUT2D eigenvalue weighted by atomic mass is 79.9. The Bertz CT molecular complexity index is 1160. The Balaban J connectivity index is 1.91. The van der Waals surface area contributed by atoms with Crippen LogP contribution in [0.3, 0.4) is 0 Å². The van der Waals surface area contributed by atoms with E-state index >= 15 is 0 Å².